The van der Waals surface area contributed by atoms with Crippen molar-refractivity contribution in [3.05, 3.63) is 59.9 Å². The Bertz CT molecular complexity index is 868. The smallest absolute Gasteiger partial charge is 0.240 e. The fraction of sp³-hybridized carbons (Fsp3) is 0.368. The standard InChI is InChI=1S/C19H22FNO4S/c1-2-25-18-11-10-16(12-17(18)20)26(23,24)21-13-19(22,15-8-9-15)14-6-4-3-5-7-14/h3-7,10-12,15,21-22H,2,8-9,13H2,1H3/t19-/m0/s1. The highest BCUT2D eigenvalue weighted by Gasteiger charge is 2.45. The SMILES string of the molecule is CCOc1ccc(S(=O)(=O)NC[C@](O)(c2ccccc2)C2CC2)cc1F. The lowest BCUT2D eigenvalue weighted by atomic mass is 9.89. The Kier molecular flexibility index (Phi) is 5.32. The van der Waals surface area contributed by atoms with Crippen molar-refractivity contribution in [1.29, 1.82) is 0 Å². The van der Waals surface area contributed by atoms with Crippen LogP contribution in [0.1, 0.15) is 25.3 Å². The van der Waals surface area contributed by atoms with E-state index in [-0.39, 0.29) is 29.7 Å². The second-order valence-corrected chi connectivity index (χ2v) is 8.18. The summed E-state index contributed by atoms with van der Waals surface area (Å²) in [5, 5.41) is 11.1. The van der Waals surface area contributed by atoms with Gasteiger partial charge in [0, 0.05) is 6.54 Å². The van der Waals surface area contributed by atoms with Crippen molar-refractivity contribution in [2.75, 3.05) is 13.2 Å². The molecule has 0 amide bonds. The molecule has 0 radical (unpaired) electrons. The predicted molar refractivity (Wildman–Crippen MR) is 95.8 cm³/mol. The van der Waals surface area contributed by atoms with Crippen molar-refractivity contribution < 1.29 is 22.7 Å². The molecule has 0 aromatic heterocycles. The van der Waals surface area contributed by atoms with E-state index in [9.17, 15) is 17.9 Å². The Morgan fingerprint density at radius 2 is 1.92 bits per heavy atom. The summed E-state index contributed by atoms with van der Waals surface area (Å²) in [6, 6.07) is 12.5. The molecule has 7 heteroatoms. The third kappa shape index (κ3) is 3.90. The molecule has 140 valence electrons. The fourth-order valence-corrected chi connectivity index (χ4v) is 4.06. The quantitative estimate of drug-likeness (QED) is 0.740. The monoisotopic (exact) mass is 379 g/mol. The number of aliphatic hydroxyl groups is 1. The van der Waals surface area contributed by atoms with E-state index in [1.165, 1.54) is 12.1 Å². The van der Waals surface area contributed by atoms with Gasteiger partial charge in [0.05, 0.1) is 11.5 Å². The molecule has 1 saturated carbocycles. The first kappa shape index (κ1) is 18.8. The van der Waals surface area contributed by atoms with Gasteiger partial charge in [-0.25, -0.2) is 17.5 Å². The topological polar surface area (TPSA) is 75.6 Å². The van der Waals surface area contributed by atoms with Crippen LogP contribution in [0.3, 0.4) is 0 Å². The molecule has 0 saturated heterocycles. The Morgan fingerprint density at radius 3 is 2.50 bits per heavy atom. The van der Waals surface area contributed by atoms with Crippen molar-refractivity contribution >= 4 is 10.0 Å². The van der Waals surface area contributed by atoms with Gasteiger partial charge in [-0.05, 0) is 49.4 Å². The van der Waals surface area contributed by atoms with E-state index >= 15 is 0 Å². The van der Waals surface area contributed by atoms with Gasteiger partial charge in [0.15, 0.2) is 11.6 Å². The van der Waals surface area contributed by atoms with Gasteiger partial charge >= 0.3 is 0 Å². The maximum Gasteiger partial charge on any atom is 0.240 e. The van der Waals surface area contributed by atoms with Crippen LogP contribution in [-0.2, 0) is 15.6 Å². The van der Waals surface area contributed by atoms with E-state index in [4.69, 9.17) is 4.74 Å². The van der Waals surface area contributed by atoms with Crippen molar-refractivity contribution in [2.45, 2.75) is 30.3 Å². The Morgan fingerprint density at radius 1 is 1.23 bits per heavy atom. The number of sulfonamides is 1. The number of nitrogens with one attached hydrogen (secondary N) is 1. The van der Waals surface area contributed by atoms with E-state index in [2.05, 4.69) is 4.72 Å². The normalized spacial score (nSPS) is 16.9. The van der Waals surface area contributed by atoms with E-state index in [0.29, 0.717) is 5.56 Å². The van der Waals surface area contributed by atoms with Gasteiger partial charge < -0.3 is 9.84 Å². The summed E-state index contributed by atoms with van der Waals surface area (Å²) in [7, 11) is -3.97. The van der Waals surface area contributed by atoms with Gasteiger partial charge in [0.2, 0.25) is 10.0 Å². The summed E-state index contributed by atoms with van der Waals surface area (Å²) in [6.45, 7) is 1.83. The van der Waals surface area contributed by atoms with Gasteiger partial charge in [0.1, 0.15) is 5.60 Å². The molecule has 5 nitrogen and oxygen atoms in total. The van der Waals surface area contributed by atoms with Gasteiger partial charge in [-0.2, -0.15) is 0 Å². The summed E-state index contributed by atoms with van der Waals surface area (Å²) < 4.78 is 46.6. The lowest BCUT2D eigenvalue weighted by molar-refractivity contribution is 0.0185. The number of ether oxygens (including phenoxy) is 1. The molecule has 2 N–H and O–H groups in total. The number of hydrogen-bond acceptors (Lipinski definition) is 4. The van der Waals surface area contributed by atoms with Crippen LogP contribution in [-0.4, -0.2) is 26.7 Å². The summed E-state index contributed by atoms with van der Waals surface area (Å²) in [5.41, 5.74) is -0.610. The Labute approximate surface area is 152 Å². The number of rotatable bonds is 8. The van der Waals surface area contributed by atoms with E-state index in [0.717, 1.165) is 18.9 Å². The number of benzene rings is 2. The van der Waals surface area contributed by atoms with Crippen LogP contribution in [0.5, 0.6) is 5.75 Å². The zero-order chi connectivity index (χ0) is 18.8. The minimum absolute atomic E-state index is 0.00432. The summed E-state index contributed by atoms with van der Waals surface area (Å²) in [4.78, 5) is -0.204. The van der Waals surface area contributed by atoms with Gasteiger partial charge in [-0.3, -0.25) is 0 Å². The molecular formula is C19H22FNO4S. The van der Waals surface area contributed by atoms with Crippen LogP contribution in [0.15, 0.2) is 53.4 Å². The maximum absolute atomic E-state index is 14.0. The first-order valence-electron chi connectivity index (χ1n) is 8.57. The first-order valence-corrected chi connectivity index (χ1v) is 10.0. The maximum atomic E-state index is 14.0. The zero-order valence-corrected chi connectivity index (χ0v) is 15.3. The molecule has 1 aliphatic carbocycles. The molecule has 1 aliphatic rings. The van der Waals surface area contributed by atoms with Crippen LogP contribution in [0, 0.1) is 11.7 Å². The second-order valence-electron chi connectivity index (χ2n) is 6.41. The Hall–Kier alpha value is -1.96. The molecule has 0 spiro atoms. The van der Waals surface area contributed by atoms with Crippen molar-refractivity contribution in [2.24, 2.45) is 5.92 Å². The van der Waals surface area contributed by atoms with Crippen LogP contribution < -0.4 is 9.46 Å². The van der Waals surface area contributed by atoms with Gasteiger partial charge in [-0.1, -0.05) is 30.3 Å². The molecule has 0 unspecified atom stereocenters. The second kappa shape index (κ2) is 7.34. The lowest BCUT2D eigenvalue weighted by Crippen LogP contribution is -2.42. The third-order valence-corrected chi connectivity index (χ3v) is 5.97. The highest BCUT2D eigenvalue weighted by Crippen LogP contribution is 2.45. The minimum Gasteiger partial charge on any atom is -0.491 e. The van der Waals surface area contributed by atoms with Gasteiger partial charge in [-0.15, -0.1) is 0 Å². The molecule has 1 fully saturated rings. The van der Waals surface area contributed by atoms with Crippen molar-refractivity contribution in [1.82, 2.24) is 4.72 Å². The number of hydrogen-bond donors (Lipinski definition) is 2. The molecule has 0 bridgehead atoms. The fourth-order valence-electron chi connectivity index (χ4n) is 2.98. The van der Waals surface area contributed by atoms with Crippen molar-refractivity contribution in [3.63, 3.8) is 0 Å². The van der Waals surface area contributed by atoms with E-state index < -0.39 is 21.4 Å². The molecule has 3 rings (SSSR count). The number of halogens is 1. The molecule has 0 heterocycles. The molecule has 26 heavy (non-hydrogen) atoms. The predicted octanol–water partition coefficient (Wildman–Crippen LogP) is 2.80. The zero-order valence-electron chi connectivity index (χ0n) is 14.5. The van der Waals surface area contributed by atoms with Crippen molar-refractivity contribution in [3.8, 4) is 5.75 Å². The molecular weight excluding hydrogens is 357 g/mol. The minimum atomic E-state index is -3.97. The first-order chi connectivity index (χ1) is 12.4. The van der Waals surface area contributed by atoms with Crippen LogP contribution in [0.4, 0.5) is 4.39 Å². The third-order valence-electron chi connectivity index (χ3n) is 4.57. The highest BCUT2D eigenvalue weighted by atomic mass is 32.2. The van der Waals surface area contributed by atoms with E-state index in [1.54, 1.807) is 31.2 Å². The Balaban J connectivity index is 1.80. The van der Waals surface area contributed by atoms with Crippen LogP contribution in [0.25, 0.3) is 0 Å². The highest BCUT2D eigenvalue weighted by molar-refractivity contribution is 7.89. The molecule has 0 aliphatic heterocycles. The molecule has 2 aromatic rings. The summed E-state index contributed by atoms with van der Waals surface area (Å²) in [5.74, 6) is -0.731. The molecule has 1 atom stereocenters. The van der Waals surface area contributed by atoms with Crippen LogP contribution in [0.2, 0.25) is 0 Å². The summed E-state index contributed by atoms with van der Waals surface area (Å²) >= 11 is 0. The average Bonchev–Trinajstić information content (AvgIpc) is 3.48. The summed E-state index contributed by atoms with van der Waals surface area (Å²) in [6.07, 6.45) is 1.68. The average molecular weight is 379 g/mol. The largest absolute Gasteiger partial charge is 0.491 e. The lowest BCUT2D eigenvalue weighted by Gasteiger charge is -2.29. The van der Waals surface area contributed by atoms with Crippen LogP contribution >= 0.6 is 0 Å². The molecule has 2 aromatic carbocycles. The van der Waals surface area contributed by atoms with Gasteiger partial charge in [0.25, 0.3) is 0 Å². The van der Waals surface area contributed by atoms with E-state index in [1.807, 2.05) is 6.07 Å².